The Morgan fingerprint density at radius 3 is 2.61 bits per heavy atom. The molecule has 2 amide bonds. The lowest BCUT2D eigenvalue weighted by atomic mass is 9.84. The van der Waals surface area contributed by atoms with Crippen molar-refractivity contribution in [3.8, 4) is 5.69 Å². The van der Waals surface area contributed by atoms with Crippen LogP contribution in [0.1, 0.15) is 53.7 Å². The van der Waals surface area contributed by atoms with Crippen molar-refractivity contribution < 1.29 is 18.4 Å². The van der Waals surface area contributed by atoms with E-state index in [0.717, 1.165) is 54.8 Å². The van der Waals surface area contributed by atoms with E-state index >= 15 is 0 Å². The molecule has 0 bridgehead atoms. The Labute approximate surface area is 208 Å². The lowest BCUT2D eigenvalue weighted by Crippen LogP contribution is -2.51. The van der Waals surface area contributed by atoms with Crippen molar-refractivity contribution in [1.29, 1.82) is 0 Å². The maximum atomic E-state index is 14.6. The smallest absolute Gasteiger partial charge is 0.257 e. The first-order valence-electron chi connectivity index (χ1n) is 12.7. The van der Waals surface area contributed by atoms with E-state index in [2.05, 4.69) is 5.10 Å². The molecule has 36 heavy (non-hydrogen) atoms. The van der Waals surface area contributed by atoms with E-state index in [9.17, 15) is 18.4 Å². The van der Waals surface area contributed by atoms with Crippen molar-refractivity contribution in [1.82, 2.24) is 19.6 Å². The summed E-state index contributed by atoms with van der Waals surface area (Å²) >= 11 is 0. The molecule has 3 heterocycles. The van der Waals surface area contributed by atoms with Crippen molar-refractivity contribution in [2.75, 3.05) is 6.54 Å². The second-order valence-corrected chi connectivity index (χ2v) is 10.1. The summed E-state index contributed by atoms with van der Waals surface area (Å²) in [5.74, 6) is -2.01. The number of halogens is 2. The van der Waals surface area contributed by atoms with Gasteiger partial charge in [-0.2, -0.15) is 5.10 Å². The standard InChI is InChI=1S/C28H28F2N4O2/c29-20-10-11-22(23(30)15-20)27(35)33-24-9-5-4-6-18(24)14-26(33)28(36)32-13-12-25-19(17-32)16-31-34(25)21-7-2-1-3-8-21/h1-3,7-8,10-11,15-16,18,24,26H,4-6,9,12-14,17H2/t18-,24-,26-/m0/s1. The van der Waals surface area contributed by atoms with Gasteiger partial charge in [-0.3, -0.25) is 9.59 Å². The number of carbonyl (C=O) groups is 2. The maximum Gasteiger partial charge on any atom is 0.257 e. The molecule has 1 saturated carbocycles. The predicted octanol–water partition coefficient (Wildman–Crippen LogP) is 4.51. The van der Waals surface area contributed by atoms with Gasteiger partial charge in [0.05, 0.1) is 23.1 Å². The SMILES string of the molecule is O=C([C@@H]1C[C@@H]2CCCC[C@@H]2N1C(=O)c1ccc(F)cc1F)N1CCc2c(cnn2-c2ccccc2)C1. The van der Waals surface area contributed by atoms with Crippen LogP contribution < -0.4 is 0 Å². The van der Waals surface area contributed by atoms with Crippen LogP contribution >= 0.6 is 0 Å². The molecule has 0 unspecified atom stereocenters. The molecule has 1 saturated heterocycles. The van der Waals surface area contributed by atoms with Crippen LogP contribution in [0.3, 0.4) is 0 Å². The minimum atomic E-state index is -0.888. The molecule has 0 radical (unpaired) electrons. The molecule has 2 aliphatic heterocycles. The van der Waals surface area contributed by atoms with Gasteiger partial charge in [-0.05, 0) is 49.4 Å². The van der Waals surface area contributed by atoms with Gasteiger partial charge in [-0.1, -0.05) is 31.0 Å². The largest absolute Gasteiger partial charge is 0.336 e. The normalized spacial score (nSPS) is 23.3. The molecule has 3 atom stereocenters. The molecule has 6 rings (SSSR count). The van der Waals surface area contributed by atoms with Crippen LogP contribution in [0.5, 0.6) is 0 Å². The third kappa shape index (κ3) is 3.88. The number of hydrogen-bond acceptors (Lipinski definition) is 3. The Balaban J connectivity index is 1.27. The summed E-state index contributed by atoms with van der Waals surface area (Å²) in [6.45, 7) is 0.961. The first kappa shape index (κ1) is 22.9. The van der Waals surface area contributed by atoms with E-state index in [0.29, 0.717) is 25.9 Å². The van der Waals surface area contributed by atoms with Crippen molar-refractivity contribution >= 4 is 11.8 Å². The Hall–Kier alpha value is -3.55. The Kier molecular flexibility index (Phi) is 5.82. The molecule has 1 aliphatic carbocycles. The number of rotatable bonds is 3. The lowest BCUT2D eigenvalue weighted by molar-refractivity contribution is -0.136. The fraction of sp³-hybridized carbons (Fsp3) is 0.393. The summed E-state index contributed by atoms with van der Waals surface area (Å²) in [7, 11) is 0. The van der Waals surface area contributed by atoms with Gasteiger partial charge in [-0.25, -0.2) is 13.5 Å². The van der Waals surface area contributed by atoms with Gasteiger partial charge in [0.15, 0.2) is 0 Å². The highest BCUT2D eigenvalue weighted by Crippen LogP contribution is 2.41. The molecular weight excluding hydrogens is 462 g/mol. The summed E-state index contributed by atoms with van der Waals surface area (Å²) in [6.07, 6.45) is 6.87. The molecule has 0 N–H and O–H groups in total. The summed E-state index contributed by atoms with van der Waals surface area (Å²) in [6, 6.07) is 12.2. The zero-order chi connectivity index (χ0) is 24.8. The summed E-state index contributed by atoms with van der Waals surface area (Å²) in [5, 5.41) is 4.56. The number of amides is 2. The molecule has 2 aromatic carbocycles. The van der Waals surface area contributed by atoms with Crippen LogP contribution in [0.4, 0.5) is 8.78 Å². The zero-order valence-corrected chi connectivity index (χ0v) is 19.9. The monoisotopic (exact) mass is 490 g/mol. The predicted molar refractivity (Wildman–Crippen MR) is 129 cm³/mol. The Morgan fingerprint density at radius 1 is 1.00 bits per heavy atom. The fourth-order valence-corrected chi connectivity index (χ4v) is 6.30. The van der Waals surface area contributed by atoms with Gasteiger partial charge < -0.3 is 9.80 Å². The second kappa shape index (κ2) is 9.15. The van der Waals surface area contributed by atoms with Crippen LogP contribution in [-0.2, 0) is 17.8 Å². The van der Waals surface area contributed by atoms with Crippen molar-refractivity contribution in [3.05, 3.63) is 83.2 Å². The third-order valence-corrected chi connectivity index (χ3v) is 8.02. The lowest BCUT2D eigenvalue weighted by Gasteiger charge is -2.36. The second-order valence-electron chi connectivity index (χ2n) is 10.1. The maximum absolute atomic E-state index is 14.6. The van der Waals surface area contributed by atoms with E-state index in [1.807, 2.05) is 46.1 Å². The van der Waals surface area contributed by atoms with Crippen LogP contribution in [0.2, 0.25) is 0 Å². The number of likely N-dealkylation sites (tertiary alicyclic amines) is 1. The first-order valence-corrected chi connectivity index (χ1v) is 12.7. The number of nitrogens with zero attached hydrogens (tertiary/aromatic N) is 4. The topological polar surface area (TPSA) is 58.4 Å². The molecule has 1 aromatic heterocycles. The van der Waals surface area contributed by atoms with E-state index in [-0.39, 0.29) is 23.4 Å². The van der Waals surface area contributed by atoms with Gasteiger partial charge in [0, 0.05) is 37.2 Å². The average molecular weight is 491 g/mol. The van der Waals surface area contributed by atoms with E-state index < -0.39 is 23.6 Å². The van der Waals surface area contributed by atoms with Crippen LogP contribution in [0.15, 0.2) is 54.7 Å². The van der Waals surface area contributed by atoms with Crippen LogP contribution in [0.25, 0.3) is 5.69 Å². The fourth-order valence-electron chi connectivity index (χ4n) is 6.30. The molecule has 3 aliphatic rings. The Morgan fingerprint density at radius 2 is 1.81 bits per heavy atom. The minimum absolute atomic E-state index is 0.0918. The molecule has 2 fully saturated rings. The van der Waals surface area contributed by atoms with Crippen molar-refractivity contribution in [3.63, 3.8) is 0 Å². The van der Waals surface area contributed by atoms with Crippen molar-refractivity contribution in [2.45, 2.75) is 57.2 Å². The van der Waals surface area contributed by atoms with Gasteiger partial charge in [0.2, 0.25) is 5.91 Å². The van der Waals surface area contributed by atoms with Gasteiger partial charge in [0.1, 0.15) is 17.7 Å². The van der Waals surface area contributed by atoms with Gasteiger partial charge in [0.25, 0.3) is 5.91 Å². The molecule has 0 spiro atoms. The summed E-state index contributed by atoms with van der Waals surface area (Å²) < 4.78 is 30.0. The van der Waals surface area contributed by atoms with E-state index in [1.165, 1.54) is 6.07 Å². The van der Waals surface area contributed by atoms with E-state index in [1.54, 1.807) is 4.90 Å². The highest BCUT2D eigenvalue weighted by molar-refractivity contribution is 5.98. The minimum Gasteiger partial charge on any atom is -0.336 e. The third-order valence-electron chi connectivity index (χ3n) is 8.02. The summed E-state index contributed by atoms with van der Waals surface area (Å²) in [5.41, 5.74) is 2.89. The van der Waals surface area contributed by atoms with Crippen molar-refractivity contribution in [2.24, 2.45) is 5.92 Å². The van der Waals surface area contributed by atoms with Gasteiger partial charge in [-0.15, -0.1) is 0 Å². The molecule has 8 heteroatoms. The first-order chi connectivity index (χ1) is 17.5. The number of para-hydroxylation sites is 1. The van der Waals surface area contributed by atoms with Gasteiger partial charge >= 0.3 is 0 Å². The average Bonchev–Trinajstić information content (AvgIpc) is 3.50. The molecule has 6 nitrogen and oxygen atoms in total. The highest BCUT2D eigenvalue weighted by atomic mass is 19.1. The summed E-state index contributed by atoms with van der Waals surface area (Å²) in [4.78, 5) is 30.9. The highest BCUT2D eigenvalue weighted by Gasteiger charge is 2.49. The van der Waals surface area contributed by atoms with Crippen LogP contribution in [-0.4, -0.2) is 50.0 Å². The molecule has 186 valence electrons. The number of aromatic nitrogens is 2. The van der Waals surface area contributed by atoms with Crippen LogP contribution in [0, 0.1) is 17.6 Å². The number of hydrogen-bond donors (Lipinski definition) is 0. The number of benzene rings is 2. The Bertz CT molecular complexity index is 1310. The van der Waals surface area contributed by atoms with E-state index in [4.69, 9.17) is 0 Å². The quantitative estimate of drug-likeness (QED) is 0.543. The zero-order valence-electron chi connectivity index (χ0n) is 19.9. The number of fused-ring (bicyclic) bond motifs is 2. The molecular formula is C28H28F2N4O2. The number of carbonyl (C=O) groups excluding carboxylic acids is 2. The molecule has 3 aromatic rings.